The van der Waals surface area contributed by atoms with Crippen molar-refractivity contribution in [1.82, 2.24) is 9.55 Å². The Kier molecular flexibility index (Phi) is 4.14. The highest BCUT2D eigenvalue weighted by molar-refractivity contribution is 7.71. The van der Waals surface area contributed by atoms with E-state index in [0.717, 1.165) is 0 Å². The first kappa shape index (κ1) is 15.0. The molecule has 1 aromatic carbocycles. The minimum Gasteiger partial charge on any atom is -0.370 e. The van der Waals surface area contributed by atoms with Gasteiger partial charge in [0, 0.05) is 6.54 Å². The number of H-pyrrole nitrogens is 1. The minimum absolute atomic E-state index is 0.128. The molecule has 2 rings (SSSR count). The molecule has 0 fully saturated rings. The average Bonchev–Trinajstić information content (AvgIpc) is 2.60. The van der Waals surface area contributed by atoms with E-state index in [9.17, 15) is 17.6 Å². The van der Waals surface area contributed by atoms with Crippen LogP contribution in [0.25, 0.3) is 11.0 Å². The quantitative estimate of drug-likeness (QED) is 0.530. The number of aromatic amines is 1. The summed E-state index contributed by atoms with van der Waals surface area (Å²) in [4.78, 5) is 2.81. The number of imidazole rings is 1. The van der Waals surface area contributed by atoms with E-state index in [1.807, 2.05) is 0 Å². The van der Waals surface area contributed by atoms with Crippen molar-refractivity contribution in [3.05, 3.63) is 28.3 Å². The van der Waals surface area contributed by atoms with Crippen molar-refractivity contribution >= 4 is 23.3 Å². The van der Waals surface area contributed by atoms with Gasteiger partial charge in [0.05, 0.1) is 17.6 Å². The Hall–Kier alpha value is -1.41. The maximum atomic E-state index is 13.4. The zero-order chi connectivity index (χ0) is 14.9. The molecule has 1 heterocycles. The molecule has 0 saturated carbocycles. The maximum Gasteiger partial charge on any atom is 0.411 e. The average molecular weight is 308 g/mol. The second kappa shape index (κ2) is 5.53. The van der Waals surface area contributed by atoms with Crippen LogP contribution in [0.15, 0.2) is 12.1 Å². The topological polar surface area (TPSA) is 29.9 Å². The van der Waals surface area contributed by atoms with Gasteiger partial charge in [-0.05, 0) is 36.8 Å². The predicted molar refractivity (Wildman–Crippen MR) is 68.7 cm³/mol. The monoisotopic (exact) mass is 308 g/mol. The lowest BCUT2D eigenvalue weighted by Crippen LogP contribution is -2.19. The Bertz CT molecular complexity index is 674. The van der Waals surface area contributed by atoms with Crippen LogP contribution < -0.4 is 0 Å². The number of hydrogen-bond donors (Lipinski definition) is 1. The molecule has 0 aliphatic carbocycles. The third-order valence-electron chi connectivity index (χ3n) is 2.78. The van der Waals surface area contributed by atoms with E-state index in [1.165, 1.54) is 6.07 Å². The number of ether oxygens (including phenoxy) is 1. The van der Waals surface area contributed by atoms with Crippen LogP contribution in [0.1, 0.15) is 5.56 Å². The van der Waals surface area contributed by atoms with Crippen LogP contribution in [0, 0.1) is 17.5 Å². The number of rotatable bonds is 4. The summed E-state index contributed by atoms with van der Waals surface area (Å²) in [6.07, 6.45) is -4.35. The van der Waals surface area contributed by atoms with Gasteiger partial charge in [0.25, 0.3) is 0 Å². The summed E-state index contributed by atoms with van der Waals surface area (Å²) in [7, 11) is 0. The Balaban J connectivity index is 2.16. The molecule has 110 valence electrons. The first-order chi connectivity index (χ1) is 9.28. The lowest BCUT2D eigenvalue weighted by atomic mass is 10.2. The Morgan fingerprint density at radius 3 is 2.70 bits per heavy atom. The van der Waals surface area contributed by atoms with E-state index < -0.39 is 12.8 Å². The summed E-state index contributed by atoms with van der Waals surface area (Å²) >= 11 is 5.07. The molecule has 0 bridgehead atoms. The van der Waals surface area contributed by atoms with Gasteiger partial charge in [0.2, 0.25) is 0 Å². The molecule has 0 aliphatic rings. The molecule has 0 amide bonds. The van der Waals surface area contributed by atoms with Crippen LogP contribution in [0.5, 0.6) is 0 Å². The second-order valence-electron chi connectivity index (χ2n) is 4.37. The molecule has 0 spiro atoms. The van der Waals surface area contributed by atoms with Gasteiger partial charge in [-0.2, -0.15) is 13.2 Å². The highest BCUT2D eigenvalue weighted by Crippen LogP contribution is 2.19. The SMILES string of the molecule is Cc1cc2c(cc1F)[nH]c(=S)n2CCOCC(F)(F)F. The summed E-state index contributed by atoms with van der Waals surface area (Å²) in [5.41, 5.74) is 1.59. The summed E-state index contributed by atoms with van der Waals surface area (Å²) in [6.45, 7) is 0.350. The zero-order valence-electron chi connectivity index (χ0n) is 10.6. The number of aromatic nitrogens is 2. The molecule has 20 heavy (non-hydrogen) atoms. The molecular weight excluding hydrogens is 296 g/mol. The molecule has 0 unspecified atom stereocenters. The van der Waals surface area contributed by atoms with Crippen LogP contribution in [-0.2, 0) is 11.3 Å². The van der Waals surface area contributed by atoms with Crippen molar-refractivity contribution in [3.63, 3.8) is 0 Å². The number of halogens is 4. The molecule has 2 aromatic rings. The van der Waals surface area contributed by atoms with Gasteiger partial charge in [-0.3, -0.25) is 0 Å². The van der Waals surface area contributed by atoms with Crippen LogP contribution in [-0.4, -0.2) is 28.9 Å². The lowest BCUT2D eigenvalue weighted by Gasteiger charge is -2.09. The number of aryl methyl sites for hydroxylation is 1. The smallest absolute Gasteiger partial charge is 0.370 e. The van der Waals surface area contributed by atoms with Crippen LogP contribution >= 0.6 is 12.2 Å². The third-order valence-corrected chi connectivity index (χ3v) is 3.10. The van der Waals surface area contributed by atoms with Crippen molar-refractivity contribution in [3.8, 4) is 0 Å². The van der Waals surface area contributed by atoms with Gasteiger partial charge in [-0.15, -0.1) is 0 Å². The minimum atomic E-state index is -4.35. The zero-order valence-corrected chi connectivity index (χ0v) is 11.4. The number of alkyl halides is 3. The van der Waals surface area contributed by atoms with Crippen molar-refractivity contribution < 1.29 is 22.3 Å². The highest BCUT2D eigenvalue weighted by atomic mass is 32.1. The molecule has 1 N–H and O–H groups in total. The first-order valence-corrected chi connectivity index (χ1v) is 6.22. The molecular formula is C12H12F4N2OS. The molecule has 0 aliphatic heterocycles. The number of nitrogens with one attached hydrogen (secondary N) is 1. The largest absolute Gasteiger partial charge is 0.411 e. The standard InChI is InChI=1S/C12H12F4N2OS/c1-7-4-10-9(5-8(7)13)17-11(20)18(10)2-3-19-6-12(14,15)16/h4-5H,2-3,6H2,1H3,(H,17,20). The van der Waals surface area contributed by atoms with Gasteiger partial charge in [0.15, 0.2) is 4.77 Å². The highest BCUT2D eigenvalue weighted by Gasteiger charge is 2.27. The molecule has 8 heteroatoms. The fraction of sp³-hybridized carbons (Fsp3) is 0.417. The van der Waals surface area contributed by atoms with Crippen molar-refractivity contribution in [2.24, 2.45) is 0 Å². The molecule has 3 nitrogen and oxygen atoms in total. The number of nitrogens with zero attached hydrogens (tertiary/aromatic N) is 1. The van der Waals surface area contributed by atoms with Crippen molar-refractivity contribution in [1.29, 1.82) is 0 Å². The van der Waals surface area contributed by atoms with Gasteiger partial charge >= 0.3 is 6.18 Å². The molecule has 0 saturated heterocycles. The summed E-state index contributed by atoms with van der Waals surface area (Å²) in [5, 5.41) is 0. The number of hydrogen-bond acceptors (Lipinski definition) is 2. The van der Waals surface area contributed by atoms with E-state index >= 15 is 0 Å². The normalized spacial score (nSPS) is 12.2. The second-order valence-corrected chi connectivity index (χ2v) is 4.75. The van der Waals surface area contributed by atoms with Gasteiger partial charge in [-0.1, -0.05) is 0 Å². The van der Waals surface area contributed by atoms with Gasteiger partial charge < -0.3 is 14.3 Å². The van der Waals surface area contributed by atoms with E-state index in [4.69, 9.17) is 12.2 Å². The fourth-order valence-electron chi connectivity index (χ4n) is 1.85. The first-order valence-electron chi connectivity index (χ1n) is 5.81. The van der Waals surface area contributed by atoms with Crippen molar-refractivity contribution in [2.75, 3.05) is 13.2 Å². The van der Waals surface area contributed by atoms with Crippen LogP contribution in [0.3, 0.4) is 0 Å². The molecule has 0 radical (unpaired) electrons. The third kappa shape index (κ3) is 3.37. The molecule has 1 aromatic heterocycles. The van der Waals surface area contributed by atoms with Gasteiger partial charge in [0.1, 0.15) is 12.4 Å². The predicted octanol–water partition coefficient (Wildman–Crippen LogP) is 3.73. The van der Waals surface area contributed by atoms with Crippen molar-refractivity contribution in [2.45, 2.75) is 19.6 Å². The Labute approximate surface area is 117 Å². The van der Waals surface area contributed by atoms with Crippen LogP contribution in [0.2, 0.25) is 0 Å². The number of benzene rings is 1. The summed E-state index contributed by atoms with van der Waals surface area (Å²) in [5.74, 6) is -0.366. The fourth-order valence-corrected chi connectivity index (χ4v) is 2.15. The lowest BCUT2D eigenvalue weighted by molar-refractivity contribution is -0.174. The Morgan fingerprint density at radius 2 is 2.05 bits per heavy atom. The van der Waals surface area contributed by atoms with Gasteiger partial charge in [-0.25, -0.2) is 4.39 Å². The summed E-state index contributed by atoms with van der Waals surface area (Å²) < 4.78 is 55.7. The van der Waals surface area contributed by atoms with E-state index in [-0.39, 0.29) is 19.0 Å². The Morgan fingerprint density at radius 1 is 1.35 bits per heavy atom. The summed E-state index contributed by atoms with van der Waals surface area (Å²) in [6, 6.07) is 2.91. The molecule has 0 atom stereocenters. The van der Waals surface area contributed by atoms with E-state index in [2.05, 4.69) is 9.72 Å². The maximum absolute atomic E-state index is 13.4. The van der Waals surface area contributed by atoms with Crippen LogP contribution in [0.4, 0.5) is 17.6 Å². The van der Waals surface area contributed by atoms with E-state index in [0.29, 0.717) is 21.4 Å². The van der Waals surface area contributed by atoms with E-state index in [1.54, 1.807) is 17.6 Å². The number of fused-ring (bicyclic) bond motifs is 1.